The molecule has 4 heteroatoms. The van der Waals surface area contributed by atoms with E-state index in [4.69, 9.17) is 0 Å². The van der Waals surface area contributed by atoms with E-state index in [1.165, 1.54) is 0 Å². The number of hydrogen-bond acceptors (Lipinski definition) is 4. The molecule has 3 rings (SSSR count). The molecule has 116 valence electrons. The standard InChI is InChI=1S/C19H20N4/c1-14(12-17-10-6-7-11-20-17)21-18-13-15(2)22-19(23-18)16-8-4-3-5-9-16/h3-11,13-14H,12H2,1-2H3,(H,21,22,23)/t14-/m0/s1. The van der Waals surface area contributed by atoms with Gasteiger partial charge in [0.2, 0.25) is 0 Å². The summed E-state index contributed by atoms with van der Waals surface area (Å²) >= 11 is 0. The van der Waals surface area contributed by atoms with Crippen molar-refractivity contribution in [2.24, 2.45) is 0 Å². The maximum atomic E-state index is 4.64. The van der Waals surface area contributed by atoms with E-state index in [-0.39, 0.29) is 6.04 Å². The lowest BCUT2D eigenvalue weighted by Crippen LogP contribution is -2.19. The summed E-state index contributed by atoms with van der Waals surface area (Å²) in [7, 11) is 0. The average molecular weight is 304 g/mol. The molecule has 3 aromatic rings. The van der Waals surface area contributed by atoms with Crippen LogP contribution in [0.5, 0.6) is 0 Å². The van der Waals surface area contributed by atoms with Crippen LogP contribution >= 0.6 is 0 Å². The molecule has 0 aliphatic heterocycles. The van der Waals surface area contributed by atoms with Gasteiger partial charge in [0.25, 0.3) is 0 Å². The molecule has 0 saturated carbocycles. The lowest BCUT2D eigenvalue weighted by Gasteiger charge is -2.15. The van der Waals surface area contributed by atoms with Gasteiger partial charge in [0.05, 0.1) is 0 Å². The third kappa shape index (κ3) is 4.13. The van der Waals surface area contributed by atoms with Crippen molar-refractivity contribution in [3.63, 3.8) is 0 Å². The summed E-state index contributed by atoms with van der Waals surface area (Å²) in [6, 6.07) is 18.2. The fourth-order valence-electron chi connectivity index (χ4n) is 2.49. The summed E-state index contributed by atoms with van der Waals surface area (Å²) in [6.45, 7) is 4.12. The van der Waals surface area contributed by atoms with E-state index in [1.54, 1.807) is 0 Å². The van der Waals surface area contributed by atoms with Crippen LogP contribution in [0.25, 0.3) is 11.4 Å². The number of hydrogen-bond donors (Lipinski definition) is 1. The van der Waals surface area contributed by atoms with Crippen LogP contribution in [-0.2, 0) is 6.42 Å². The van der Waals surface area contributed by atoms with E-state index in [9.17, 15) is 0 Å². The number of nitrogens with one attached hydrogen (secondary N) is 1. The molecule has 0 saturated heterocycles. The predicted molar refractivity (Wildman–Crippen MR) is 93.2 cm³/mol. The van der Waals surface area contributed by atoms with E-state index >= 15 is 0 Å². The quantitative estimate of drug-likeness (QED) is 0.777. The van der Waals surface area contributed by atoms with Crippen LogP contribution in [0, 0.1) is 6.92 Å². The summed E-state index contributed by atoms with van der Waals surface area (Å²) in [6.07, 6.45) is 2.68. The number of benzene rings is 1. The van der Waals surface area contributed by atoms with Gasteiger partial charge in [-0.2, -0.15) is 0 Å². The minimum atomic E-state index is 0.239. The smallest absolute Gasteiger partial charge is 0.161 e. The molecule has 1 aromatic carbocycles. The third-order valence-corrected chi connectivity index (χ3v) is 3.52. The van der Waals surface area contributed by atoms with Crippen molar-refractivity contribution in [3.05, 3.63) is 72.2 Å². The van der Waals surface area contributed by atoms with Gasteiger partial charge in [-0.15, -0.1) is 0 Å². The van der Waals surface area contributed by atoms with Gasteiger partial charge in [-0.1, -0.05) is 36.4 Å². The van der Waals surface area contributed by atoms with Crippen LogP contribution in [0.1, 0.15) is 18.3 Å². The van der Waals surface area contributed by atoms with Crippen LogP contribution in [0.15, 0.2) is 60.8 Å². The van der Waals surface area contributed by atoms with Crippen LogP contribution in [0.4, 0.5) is 5.82 Å². The molecule has 2 heterocycles. The fraction of sp³-hybridized carbons (Fsp3) is 0.211. The second-order valence-corrected chi connectivity index (χ2v) is 5.65. The van der Waals surface area contributed by atoms with Crippen LogP contribution in [-0.4, -0.2) is 21.0 Å². The van der Waals surface area contributed by atoms with E-state index in [0.29, 0.717) is 0 Å². The molecule has 0 unspecified atom stereocenters. The van der Waals surface area contributed by atoms with Crippen LogP contribution in [0.3, 0.4) is 0 Å². The molecule has 4 nitrogen and oxygen atoms in total. The third-order valence-electron chi connectivity index (χ3n) is 3.52. The summed E-state index contributed by atoms with van der Waals surface area (Å²) in [5.41, 5.74) is 3.05. The first-order valence-electron chi connectivity index (χ1n) is 7.78. The van der Waals surface area contributed by atoms with Crippen molar-refractivity contribution in [2.45, 2.75) is 26.3 Å². The van der Waals surface area contributed by atoms with Gasteiger partial charge in [0.1, 0.15) is 5.82 Å². The highest BCUT2D eigenvalue weighted by Gasteiger charge is 2.08. The number of anilines is 1. The van der Waals surface area contributed by atoms with Gasteiger partial charge in [0.15, 0.2) is 5.82 Å². The lowest BCUT2D eigenvalue weighted by molar-refractivity contribution is 0.764. The summed E-state index contributed by atoms with van der Waals surface area (Å²) in [4.78, 5) is 13.5. The molecule has 0 bridgehead atoms. The van der Waals surface area contributed by atoms with Crippen molar-refractivity contribution in [1.82, 2.24) is 15.0 Å². The fourth-order valence-corrected chi connectivity index (χ4v) is 2.49. The highest BCUT2D eigenvalue weighted by atomic mass is 15.0. The first-order valence-corrected chi connectivity index (χ1v) is 7.78. The molecule has 0 amide bonds. The van der Waals surface area contributed by atoms with Gasteiger partial charge in [-0.3, -0.25) is 4.98 Å². The molecule has 2 aromatic heterocycles. The molecule has 0 aliphatic carbocycles. The maximum Gasteiger partial charge on any atom is 0.161 e. The maximum absolute atomic E-state index is 4.64. The molecule has 0 radical (unpaired) electrons. The molecule has 0 spiro atoms. The highest BCUT2D eigenvalue weighted by Crippen LogP contribution is 2.18. The average Bonchev–Trinajstić information content (AvgIpc) is 2.56. The molecular weight excluding hydrogens is 284 g/mol. The number of nitrogens with zero attached hydrogens (tertiary/aromatic N) is 3. The Morgan fingerprint density at radius 2 is 1.78 bits per heavy atom. The minimum absolute atomic E-state index is 0.239. The summed E-state index contributed by atoms with van der Waals surface area (Å²) in [5.74, 6) is 1.60. The number of pyridine rings is 1. The van der Waals surface area contributed by atoms with Crippen LogP contribution in [0.2, 0.25) is 0 Å². The molecule has 0 fully saturated rings. The number of aromatic nitrogens is 3. The monoisotopic (exact) mass is 304 g/mol. The Hall–Kier alpha value is -2.75. The van der Waals surface area contributed by atoms with Crippen molar-refractivity contribution in [2.75, 3.05) is 5.32 Å². The summed E-state index contributed by atoms with van der Waals surface area (Å²) < 4.78 is 0. The van der Waals surface area contributed by atoms with Crippen molar-refractivity contribution < 1.29 is 0 Å². The lowest BCUT2D eigenvalue weighted by atomic mass is 10.1. The first kappa shape index (κ1) is 15.2. The van der Waals surface area contributed by atoms with Gasteiger partial charge < -0.3 is 5.32 Å². The zero-order valence-electron chi connectivity index (χ0n) is 13.4. The Bertz CT molecular complexity index is 757. The Morgan fingerprint density at radius 1 is 1.00 bits per heavy atom. The second kappa shape index (κ2) is 7.01. The Labute approximate surface area is 136 Å². The Morgan fingerprint density at radius 3 is 2.52 bits per heavy atom. The minimum Gasteiger partial charge on any atom is -0.367 e. The summed E-state index contributed by atoms with van der Waals surface area (Å²) in [5, 5.41) is 3.45. The van der Waals surface area contributed by atoms with Crippen molar-refractivity contribution in [3.8, 4) is 11.4 Å². The van der Waals surface area contributed by atoms with E-state index in [1.807, 2.05) is 67.7 Å². The zero-order chi connectivity index (χ0) is 16.1. The van der Waals surface area contributed by atoms with Gasteiger partial charge in [0, 0.05) is 41.7 Å². The normalized spacial score (nSPS) is 11.9. The number of rotatable bonds is 5. The molecule has 1 atom stereocenters. The molecule has 1 N–H and O–H groups in total. The second-order valence-electron chi connectivity index (χ2n) is 5.65. The van der Waals surface area contributed by atoms with Crippen LogP contribution < -0.4 is 5.32 Å². The molecular formula is C19H20N4. The zero-order valence-corrected chi connectivity index (χ0v) is 13.4. The Balaban J connectivity index is 1.76. The number of aryl methyl sites for hydroxylation is 1. The van der Waals surface area contributed by atoms with E-state index in [2.05, 4.69) is 27.2 Å². The molecule has 23 heavy (non-hydrogen) atoms. The van der Waals surface area contributed by atoms with Gasteiger partial charge >= 0.3 is 0 Å². The molecule has 0 aliphatic rings. The van der Waals surface area contributed by atoms with Crippen molar-refractivity contribution in [1.29, 1.82) is 0 Å². The topological polar surface area (TPSA) is 50.7 Å². The largest absolute Gasteiger partial charge is 0.367 e. The first-order chi connectivity index (χ1) is 11.2. The van der Waals surface area contributed by atoms with Gasteiger partial charge in [-0.05, 0) is 26.0 Å². The predicted octanol–water partition coefficient (Wildman–Crippen LogP) is 3.89. The Kier molecular flexibility index (Phi) is 4.62. The van der Waals surface area contributed by atoms with E-state index < -0.39 is 0 Å². The van der Waals surface area contributed by atoms with E-state index in [0.717, 1.165) is 35.0 Å². The van der Waals surface area contributed by atoms with Crippen molar-refractivity contribution >= 4 is 5.82 Å². The highest BCUT2D eigenvalue weighted by molar-refractivity contribution is 5.57. The SMILES string of the molecule is Cc1cc(N[C@@H](C)Cc2ccccn2)nc(-c2ccccc2)n1. The van der Waals surface area contributed by atoms with Gasteiger partial charge in [-0.25, -0.2) is 9.97 Å².